The average molecular weight is 496 g/mol. The molecule has 158 valence electrons. The number of carbonyl (C=O) groups is 4. The molecule has 1 aromatic carbocycles. The molecule has 0 aromatic heterocycles. The van der Waals surface area contributed by atoms with Gasteiger partial charge in [-0.15, -0.1) is 0 Å². The minimum atomic E-state index is -1.08. The second-order valence-electron chi connectivity index (χ2n) is 7.91. The van der Waals surface area contributed by atoms with Crippen molar-refractivity contribution in [1.29, 1.82) is 0 Å². The molecule has 2 fully saturated rings. The molecule has 0 unspecified atom stereocenters. The molecule has 1 saturated heterocycles. The lowest BCUT2D eigenvalue weighted by Gasteiger charge is -2.23. The molecule has 4 rings (SSSR count). The number of amides is 3. The van der Waals surface area contributed by atoms with Gasteiger partial charge >= 0.3 is 5.97 Å². The fourth-order valence-corrected chi connectivity index (χ4v) is 5.24. The largest absolute Gasteiger partial charge is 0.454 e. The van der Waals surface area contributed by atoms with Crippen LogP contribution in [0.25, 0.3) is 0 Å². The van der Waals surface area contributed by atoms with E-state index in [4.69, 9.17) is 16.3 Å². The Morgan fingerprint density at radius 1 is 1.23 bits per heavy atom. The van der Waals surface area contributed by atoms with E-state index in [0.717, 1.165) is 11.3 Å². The Bertz CT molecular complexity index is 964. The maximum atomic E-state index is 12.8. The van der Waals surface area contributed by atoms with Crippen LogP contribution in [0.5, 0.6) is 0 Å². The summed E-state index contributed by atoms with van der Waals surface area (Å²) < 4.78 is 5.78. The molecule has 2 aliphatic carbocycles. The first kappa shape index (κ1) is 21.1. The van der Waals surface area contributed by atoms with Gasteiger partial charge in [-0.05, 0) is 65.7 Å². The van der Waals surface area contributed by atoms with Gasteiger partial charge in [0.1, 0.15) is 6.04 Å². The Morgan fingerprint density at radius 2 is 1.83 bits per heavy atom. The lowest BCUT2D eigenvalue weighted by Crippen LogP contribution is -2.45. The van der Waals surface area contributed by atoms with E-state index >= 15 is 0 Å². The smallest absolute Gasteiger partial charge is 0.329 e. The van der Waals surface area contributed by atoms with E-state index in [0.29, 0.717) is 20.7 Å². The number of imide groups is 1. The number of hydrogen-bond acceptors (Lipinski definition) is 5. The van der Waals surface area contributed by atoms with E-state index in [1.165, 1.54) is 6.92 Å². The van der Waals surface area contributed by atoms with Crippen LogP contribution in [0.2, 0.25) is 5.02 Å². The average Bonchev–Trinajstić information content (AvgIpc) is 3.40. The Hall–Kier alpha value is -2.19. The van der Waals surface area contributed by atoms with Crippen LogP contribution in [0.1, 0.15) is 18.9 Å². The summed E-state index contributed by atoms with van der Waals surface area (Å²) in [5, 5.41) is 3.11. The second-order valence-corrected chi connectivity index (χ2v) is 9.14. The van der Waals surface area contributed by atoms with Gasteiger partial charge < -0.3 is 10.1 Å². The van der Waals surface area contributed by atoms with Crippen LogP contribution in [-0.2, 0) is 23.9 Å². The van der Waals surface area contributed by atoms with Gasteiger partial charge in [0.05, 0.1) is 16.9 Å². The molecular weight excluding hydrogens is 476 g/mol. The predicted molar refractivity (Wildman–Crippen MR) is 113 cm³/mol. The molecule has 1 aliphatic heterocycles. The third-order valence-corrected chi connectivity index (χ3v) is 7.57. The summed E-state index contributed by atoms with van der Waals surface area (Å²) in [6.45, 7) is 2.66. The van der Waals surface area contributed by atoms with Gasteiger partial charge in [-0.3, -0.25) is 19.3 Å². The van der Waals surface area contributed by atoms with Crippen LogP contribution in [-0.4, -0.2) is 41.2 Å². The standard InChI is InChI=1S/C21H20BrClN2O5/c1-9-14(6-5-13(22)18(9)23)24-15(26)8-30-21(29)10(2)25-19(27)16-11-3-4-12(7-11)17(16)20(25)28/h3-6,10-12,16-17H,7-8H2,1-2H3,(H,24,26)/t10-,11-,12-,16-,17-/m0/s1. The Balaban J connectivity index is 1.35. The summed E-state index contributed by atoms with van der Waals surface area (Å²) >= 11 is 9.45. The second kappa shape index (κ2) is 7.81. The van der Waals surface area contributed by atoms with Crippen molar-refractivity contribution in [2.45, 2.75) is 26.3 Å². The van der Waals surface area contributed by atoms with Gasteiger partial charge in [0.15, 0.2) is 6.61 Å². The van der Waals surface area contributed by atoms with E-state index < -0.39 is 24.5 Å². The van der Waals surface area contributed by atoms with Crippen molar-refractivity contribution < 1.29 is 23.9 Å². The number of nitrogens with one attached hydrogen (secondary N) is 1. The van der Waals surface area contributed by atoms with Crippen LogP contribution < -0.4 is 5.32 Å². The van der Waals surface area contributed by atoms with Gasteiger partial charge in [-0.2, -0.15) is 0 Å². The van der Waals surface area contributed by atoms with Crippen molar-refractivity contribution in [1.82, 2.24) is 4.90 Å². The van der Waals surface area contributed by atoms with E-state index in [9.17, 15) is 19.2 Å². The van der Waals surface area contributed by atoms with Gasteiger partial charge in [0.2, 0.25) is 11.8 Å². The zero-order chi connectivity index (χ0) is 21.7. The van der Waals surface area contributed by atoms with Crippen molar-refractivity contribution >= 4 is 56.9 Å². The van der Waals surface area contributed by atoms with Crippen LogP contribution in [0.15, 0.2) is 28.8 Å². The fourth-order valence-electron chi connectivity index (χ4n) is 4.64. The van der Waals surface area contributed by atoms with Crippen molar-refractivity contribution in [2.75, 3.05) is 11.9 Å². The number of nitrogens with zero attached hydrogens (tertiary/aromatic N) is 1. The molecular formula is C21H20BrClN2O5. The third kappa shape index (κ3) is 3.36. The Kier molecular flexibility index (Phi) is 5.48. The highest BCUT2D eigenvalue weighted by Gasteiger charge is 2.60. The molecule has 3 aliphatic rings. The number of ether oxygens (including phenoxy) is 1. The molecule has 5 atom stereocenters. The minimum Gasteiger partial charge on any atom is -0.454 e. The molecule has 0 radical (unpaired) electrons. The first-order valence-electron chi connectivity index (χ1n) is 9.67. The van der Waals surface area contributed by atoms with Crippen molar-refractivity contribution in [3.05, 3.63) is 39.3 Å². The number of halogens is 2. The highest BCUT2D eigenvalue weighted by Crippen LogP contribution is 2.52. The van der Waals surface area contributed by atoms with Crippen LogP contribution in [0.3, 0.4) is 0 Å². The van der Waals surface area contributed by atoms with Gasteiger partial charge in [0, 0.05) is 10.2 Å². The van der Waals surface area contributed by atoms with Crippen LogP contribution in [0, 0.1) is 30.6 Å². The molecule has 1 N–H and O–H groups in total. The minimum absolute atomic E-state index is 0.0661. The number of rotatable bonds is 5. The van der Waals surface area contributed by atoms with Crippen LogP contribution >= 0.6 is 27.5 Å². The summed E-state index contributed by atoms with van der Waals surface area (Å²) in [4.78, 5) is 51.2. The molecule has 3 amide bonds. The highest BCUT2D eigenvalue weighted by molar-refractivity contribution is 9.10. The van der Waals surface area contributed by atoms with Crippen LogP contribution in [0.4, 0.5) is 5.69 Å². The molecule has 7 nitrogen and oxygen atoms in total. The first-order valence-corrected chi connectivity index (χ1v) is 10.8. The number of hydrogen-bond donors (Lipinski definition) is 1. The first-order chi connectivity index (χ1) is 14.2. The zero-order valence-corrected chi connectivity index (χ0v) is 18.7. The van der Waals surface area contributed by atoms with Crippen molar-refractivity contribution in [3.8, 4) is 0 Å². The molecule has 1 saturated carbocycles. The zero-order valence-electron chi connectivity index (χ0n) is 16.4. The Morgan fingerprint density at radius 3 is 2.43 bits per heavy atom. The quantitative estimate of drug-likeness (QED) is 0.385. The van der Waals surface area contributed by atoms with Crippen molar-refractivity contribution in [3.63, 3.8) is 0 Å². The van der Waals surface area contributed by atoms with E-state index in [-0.39, 0.29) is 35.5 Å². The Labute approximate surface area is 186 Å². The van der Waals surface area contributed by atoms with E-state index in [2.05, 4.69) is 21.2 Å². The summed E-state index contributed by atoms with van der Waals surface area (Å²) in [6.07, 6.45) is 4.80. The lowest BCUT2D eigenvalue weighted by atomic mass is 9.85. The maximum absolute atomic E-state index is 12.8. The third-order valence-electron chi connectivity index (χ3n) is 6.19. The molecule has 0 spiro atoms. The number of esters is 1. The summed E-state index contributed by atoms with van der Waals surface area (Å²) in [6, 6.07) is 2.30. The normalized spacial score (nSPS) is 27.4. The van der Waals surface area contributed by atoms with Gasteiger partial charge in [-0.1, -0.05) is 23.8 Å². The fraction of sp³-hybridized carbons (Fsp3) is 0.429. The summed E-state index contributed by atoms with van der Waals surface area (Å²) in [7, 11) is 0. The van der Waals surface area contributed by atoms with E-state index in [1.807, 2.05) is 12.2 Å². The predicted octanol–water partition coefficient (Wildman–Crippen LogP) is 3.09. The molecule has 1 aromatic rings. The number of fused-ring (bicyclic) bond motifs is 5. The van der Waals surface area contributed by atoms with Gasteiger partial charge in [0.25, 0.3) is 5.91 Å². The summed E-state index contributed by atoms with van der Waals surface area (Å²) in [5.74, 6) is -2.61. The molecule has 30 heavy (non-hydrogen) atoms. The van der Waals surface area contributed by atoms with Crippen molar-refractivity contribution in [2.24, 2.45) is 23.7 Å². The molecule has 2 bridgehead atoms. The summed E-state index contributed by atoms with van der Waals surface area (Å²) in [5.41, 5.74) is 1.17. The number of carbonyl (C=O) groups excluding carboxylic acids is 4. The van der Waals surface area contributed by atoms with Gasteiger partial charge in [-0.25, -0.2) is 4.79 Å². The molecule has 9 heteroatoms. The number of benzene rings is 1. The number of likely N-dealkylation sites (tertiary alicyclic amines) is 1. The topological polar surface area (TPSA) is 92.8 Å². The number of allylic oxidation sites excluding steroid dienone is 2. The van der Waals surface area contributed by atoms with E-state index in [1.54, 1.807) is 19.1 Å². The monoisotopic (exact) mass is 494 g/mol. The highest BCUT2D eigenvalue weighted by atomic mass is 79.9. The number of anilines is 1. The lowest BCUT2D eigenvalue weighted by molar-refractivity contribution is -0.159. The SMILES string of the molecule is Cc1c(NC(=O)COC(=O)[C@H](C)N2C(=O)[C@@H]3[C@@H](C2=O)[C@H]2C=C[C@H]3C2)ccc(Br)c1Cl. The maximum Gasteiger partial charge on any atom is 0.329 e. The molecule has 1 heterocycles.